The van der Waals surface area contributed by atoms with Crippen molar-refractivity contribution in [2.24, 2.45) is 0 Å². The van der Waals surface area contributed by atoms with Gasteiger partial charge in [-0.2, -0.15) is 0 Å². The average molecular weight is 420 g/mol. The van der Waals surface area contributed by atoms with Crippen LogP contribution in [0.5, 0.6) is 0 Å². The molecule has 0 aliphatic carbocycles. The quantitative estimate of drug-likeness (QED) is 0.747. The van der Waals surface area contributed by atoms with Gasteiger partial charge in [-0.15, -0.1) is 0 Å². The number of halogens is 1. The highest BCUT2D eigenvalue weighted by Gasteiger charge is 2.26. The summed E-state index contributed by atoms with van der Waals surface area (Å²) in [4.78, 5) is 16.9. The number of benzene rings is 2. The molecular weight excluding hydrogens is 393 g/mol. The first-order valence-electron chi connectivity index (χ1n) is 9.57. The molecule has 0 aromatic heterocycles. The first-order valence-corrected chi connectivity index (χ1v) is 11.5. The van der Waals surface area contributed by atoms with E-state index in [0.29, 0.717) is 18.7 Å². The third kappa shape index (κ3) is 6.62. The first-order chi connectivity index (χ1) is 13.8. The van der Waals surface area contributed by atoms with E-state index in [1.807, 2.05) is 18.2 Å². The van der Waals surface area contributed by atoms with Gasteiger partial charge in [0.2, 0.25) is 15.9 Å². The standard InChI is InChI=1S/C21H26FN3O3S/c1-29(27,28)23-20(18-7-9-19(22)10-8-18)15-21(26)25-13-11-24(12-14-25)16-17-5-3-2-4-6-17/h2-10,20,23H,11-16H2,1H3/t20-/m1/s1. The van der Waals surface area contributed by atoms with Crippen LogP contribution in [0.1, 0.15) is 23.6 Å². The van der Waals surface area contributed by atoms with Gasteiger partial charge in [0, 0.05) is 39.1 Å². The molecule has 0 saturated carbocycles. The summed E-state index contributed by atoms with van der Waals surface area (Å²) in [6.45, 7) is 3.57. The third-order valence-corrected chi connectivity index (χ3v) is 5.69. The van der Waals surface area contributed by atoms with Crippen LogP contribution < -0.4 is 4.72 Å². The summed E-state index contributed by atoms with van der Waals surface area (Å²) in [5.41, 5.74) is 1.80. The Bertz CT molecular complexity index is 912. The zero-order valence-electron chi connectivity index (χ0n) is 16.4. The van der Waals surface area contributed by atoms with E-state index in [9.17, 15) is 17.6 Å². The Morgan fingerprint density at radius 2 is 1.66 bits per heavy atom. The molecule has 3 rings (SSSR count). The average Bonchev–Trinajstić information content (AvgIpc) is 2.68. The second-order valence-corrected chi connectivity index (χ2v) is 9.12. The SMILES string of the molecule is CS(=O)(=O)N[C@H](CC(=O)N1CCN(Cc2ccccc2)CC1)c1ccc(F)cc1. The lowest BCUT2D eigenvalue weighted by atomic mass is 10.0. The van der Waals surface area contributed by atoms with E-state index in [2.05, 4.69) is 21.8 Å². The minimum atomic E-state index is -3.52. The van der Waals surface area contributed by atoms with Gasteiger partial charge in [0.15, 0.2) is 0 Å². The second-order valence-electron chi connectivity index (χ2n) is 7.34. The van der Waals surface area contributed by atoms with Gasteiger partial charge in [-0.1, -0.05) is 42.5 Å². The maximum absolute atomic E-state index is 13.2. The van der Waals surface area contributed by atoms with Crippen molar-refractivity contribution in [2.45, 2.75) is 19.0 Å². The Morgan fingerprint density at radius 3 is 2.24 bits per heavy atom. The Labute approximate surface area is 171 Å². The second kappa shape index (κ2) is 9.47. The summed E-state index contributed by atoms with van der Waals surface area (Å²) in [7, 11) is -3.52. The van der Waals surface area contributed by atoms with Gasteiger partial charge in [-0.05, 0) is 23.3 Å². The zero-order chi connectivity index (χ0) is 20.9. The summed E-state index contributed by atoms with van der Waals surface area (Å²) in [6, 6.07) is 15.0. The predicted octanol–water partition coefficient (Wildman–Crippen LogP) is 2.15. The minimum absolute atomic E-state index is 0.00259. The van der Waals surface area contributed by atoms with Crippen LogP contribution >= 0.6 is 0 Å². The molecule has 1 aliphatic heterocycles. The molecule has 6 nitrogen and oxygen atoms in total. The highest BCUT2D eigenvalue weighted by Crippen LogP contribution is 2.20. The van der Waals surface area contributed by atoms with E-state index in [1.54, 1.807) is 4.90 Å². The highest BCUT2D eigenvalue weighted by molar-refractivity contribution is 7.88. The van der Waals surface area contributed by atoms with Gasteiger partial charge < -0.3 is 4.90 Å². The van der Waals surface area contributed by atoms with Crippen molar-refractivity contribution in [3.8, 4) is 0 Å². The van der Waals surface area contributed by atoms with E-state index >= 15 is 0 Å². The van der Waals surface area contributed by atoms with Gasteiger partial charge in [-0.3, -0.25) is 9.69 Å². The van der Waals surface area contributed by atoms with Crippen LogP contribution in [-0.2, 0) is 21.4 Å². The normalized spacial score (nSPS) is 16.6. The molecule has 1 fully saturated rings. The number of carbonyl (C=O) groups is 1. The summed E-state index contributed by atoms with van der Waals surface area (Å²) in [5.74, 6) is -0.525. The monoisotopic (exact) mass is 419 g/mol. The van der Waals surface area contributed by atoms with Crippen LogP contribution in [0.2, 0.25) is 0 Å². The molecule has 2 aromatic carbocycles. The molecule has 1 atom stereocenters. The van der Waals surface area contributed by atoms with Crippen molar-refractivity contribution < 1.29 is 17.6 Å². The van der Waals surface area contributed by atoms with Crippen molar-refractivity contribution in [3.05, 3.63) is 71.5 Å². The largest absolute Gasteiger partial charge is 0.340 e. The lowest BCUT2D eigenvalue weighted by Gasteiger charge is -2.35. The molecule has 1 N–H and O–H groups in total. The fraction of sp³-hybridized carbons (Fsp3) is 0.381. The van der Waals surface area contributed by atoms with E-state index in [0.717, 1.165) is 25.9 Å². The topological polar surface area (TPSA) is 69.7 Å². The van der Waals surface area contributed by atoms with Gasteiger partial charge in [0.1, 0.15) is 5.82 Å². The number of hydrogen-bond donors (Lipinski definition) is 1. The highest BCUT2D eigenvalue weighted by atomic mass is 32.2. The number of nitrogens with zero attached hydrogens (tertiary/aromatic N) is 2. The van der Waals surface area contributed by atoms with Crippen molar-refractivity contribution in [2.75, 3.05) is 32.4 Å². The van der Waals surface area contributed by atoms with Crippen LogP contribution in [0, 0.1) is 5.82 Å². The van der Waals surface area contributed by atoms with Crippen molar-refractivity contribution in [1.29, 1.82) is 0 Å². The fourth-order valence-electron chi connectivity index (χ4n) is 3.48. The maximum atomic E-state index is 13.2. The Hall–Kier alpha value is -2.29. The van der Waals surface area contributed by atoms with Crippen LogP contribution in [0.4, 0.5) is 4.39 Å². The summed E-state index contributed by atoms with van der Waals surface area (Å²) < 4.78 is 39.2. The fourth-order valence-corrected chi connectivity index (χ4v) is 4.22. The Morgan fingerprint density at radius 1 is 1.03 bits per heavy atom. The number of piperazine rings is 1. The molecule has 156 valence electrons. The lowest BCUT2D eigenvalue weighted by Crippen LogP contribution is -2.49. The van der Waals surface area contributed by atoms with Crippen LogP contribution in [-0.4, -0.2) is 56.6 Å². The summed E-state index contributed by atoms with van der Waals surface area (Å²) in [5, 5.41) is 0. The number of rotatable bonds is 7. The third-order valence-electron chi connectivity index (χ3n) is 4.98. The molecule has 1 saturated heterocycles. The van der Waals surface area contributed by atoms with E-state index in [1.165, 1.54) is 29.8 Å². The number of carbonyl (C=O) groups excluding carboxylic acids is 1. The lowest BCUT2D eigenvalue weighted by molar-refractivity contribution is -0.133. The molecule has 29 heavy (non-hydrogen) atoms. The minimum Gasteiger partial charge on any atom is -0.340 e. The molecule has 0 bridgehead atoms. The van der Waals surface area contributed by atoms with Crippen molar-refractivity contribution >= 4 is 15.9 Å². The van der Waals surface area contributed by atoms with Crippen LogP contribution in [0.3, 0.4) is 0 Å². The van der Waals surface area contributed by atoms with Crippen LogP contribution in [0.15, 0.2) is 54.6 Å². The molecule has 1 aliphatic rings. The van der Waals surface area contributed by atoms with Gasteiger partial charge in [0.05, 0.1) is 12.3 Å². The summed E-state index contributed by atoms with van der Waals surface area (Å²) in [6.07, 6.45) is 1.05. The molecule has 0 radical (unpaired) electrons. The van der Waals surface area contributed by atoms with Gasteiger partial charge >= 0.3 is 0 Å². The number of sulfonamides is 1. The molecule has 8 heteroatoms. The van der Waals surface area contributed by atoms with Crippen molar-refractivity contribution in [3.63, 3.8) is 0 Å². The maximum Gasteiger partial charge on any atom is 0.224 e. The molecule has 0 unspecified atom stereocenters. The summed E-state index contributed by atoms with van der Waals surface area (Å²) >= 11 is 0. The van der Waals surface area contributed by atoms with E-state index in [-0.39, 0.29) is 12.3 Å². The molecular formula is C21H26FN3O3S. The van der Waals surface area contributed by atoms with Gasteiger partial charge in [-0.25, -0.2) is 17.5 Å². The smallest absolute Gasteiger partial charge is 0.224 e. The number of nitrogens with one attached hydrogen (secondary N) is 1. The Balaban J connectivity index is 1.59. The molecule has 2 aromatic rings. The predicted molar refractivity (Wildman–Crippen MR) is 110 cm³/mol. The molecule has 1 amide bonds. The molecule has 1 heterocycles. The van der Waals surface area contributed by atoms with E-state index in [4.69, 9.17) is 0 Å². The first kappa shape index (κ1) is 21.4. The van der Waals surface area contributed by atoms with E-state index < -0.39 is 21.9 Å². The number of amides is 1. The molecule has 0 spiro atoms. The Kier molecular flexibility index (Phi) is 7.00. The van der Waals surface area contributed by atoms with Gasteiger partial charge in [0.25, 0.3) is 0 Å². The zero-order valence-corrected chi connectivity index (χ0v) is 17.2. The number of hydrogen-bond acceptors (Lipinski definition) is 4. The van der Waals surface area contributed by atoms with Crippen molar-refractivity contribution in [1.82, 2.24) is 14.5 Å². The van der Waals surface area contributed by atoms with Crippen LogP contribution in [0.25, 0.3) is 0 Å².